The van der Waals surface area contributed by atoms with E-state index in [9.17, 15) is 18.0 Å². The van der Waals surface area contributed by atoms with Gasteiger partial charge in [0.25, 0.3) is 5.56 Å². The number of hydrogen-bond donors (Lipinski definition) is 1. The highest BCUT2D eigenvalue weighted by atomic mass is 35.5. The maximum absolute atomic E-state index is 12.9. The first-order valence-electron chi connectivity index (χ1n) is 5.89. The van der Waals surface area contributed by atoms with Crippen LogP contribution in [0, 0.1) is 0 Å². The van der Waals surface area contributed by atoms with E-state index in [1.54, 1.807) is 0 Å². The van der Waals surface area contributed by atoms with E-state index in [1.165, 1.54) is 18.2 Å². The van der Waals surface area contributed by atoms with Crippen LogP contribution in [-0.4, -0.2) is 9.55 Å². The van der Waals surface area contributed by atoms with Crippen LogP contribution in [0.15, 0.2) is 29.6 Å². The summed E-state index contributed by atoms with van der Waals surface area (Å²) in [4.78, 5) is 15.3. The molecule has 0 bridgehead atoms. The van der Waals surface area contributed by atoms with Crippen molar-refractivity contribution in [2.75, 3.05) is 5.32 Å². The third-order valence-electron chi connectivity index (χ3n) is 2.69. The van der Waals surface area contributed by atoms with Gasteiger partial charge in [-0.25, -0.2) is 4.98 Å². The minimum atomic E-state index is -4.89. The van der Waals surface area contributed by atoms with Crippen LogP contribution in [0.5, 0.6) is 0 Å². The van der Waals surface area contributed by atoms with Gasteiger partial charge in [0.2, 0.25) is 5.95 Å². The molecule has 0 amide bonds. The summed E-state index contributed by atoms with van der Waals surface area (Å²) in [6.45, 7) is 3.35. The van der Waals surface area contributed by atoms with Crippen molar-refractivity contribution in [2.45, 2.75) is 6.18 Å². The van der Waals surface area contributed by atoms with Crippen molar-refractivity contribution in [1.82, 2.24) is 9.55 Å². The maximum Gasteiger partial charge on any atom is 0.435 e. The Morgan fingerprint density at radius 3 is 2.43 bits per heavy atom. The van der Waals surface area contributed by atoms with Gasteiger partial charge in [0.1, 0.15) is 5.02 Å². The molecule has 0 spiro atoms. The average Bonchev–Trinajstić information content (AvgIpc) is 2.44. The van der Waals surface area contributed by atoms with Crippen molar-refractivity contribution in [1.29, 1.82) is 0 Å². The SMILES string of the molecule is C=Cn1c(Nc2ccc(Cl)cc2Cl)nc(C(F)(F)F)c(Cl)c1=O. The van der Waals surface area contributed by atoms with Gasteiger partial charge in [0.05, 0.1) is 10.7 Å². The van der Waals surface area contributed by atoms with Crippen molar-refractivity contribution in [2.24, 2.45) is 0 Å². The molecule has 2 rings (SSSR count). The molecular formula is C13H7Cl3F3N3O. The van der Waals surface area contributed by atoms with Crippen LogP contribution in [0.1, 0.15) is 5.69 Å². The summed E-state index contributed by atoms with van der Waals surface area (Å²) in [5.41, 5.74) is -2.42. The molecule has 0 aliphatic heterocycles. The lowest BCUT2D eigenvalue weighted by Gasteiger charge is -2.15. The van der Waals surface area contributed by atoms with Gasteiger partial charge < -0.3 is 5.32 Å². The molecule has 0 atom stereocenters. The predicted octanol–water partition coefficient (Wildman–Crippen LogP) is 5.07. The number of aromatic nitrogens is 2. The van der Waals surface area contributed by atoms with Crippen molar-refractivity contribution in [3.63, 3.8) is 0 Å². The molecule has 4 nitrogen and oxygen atoms in total. The second-order valence-corrected chi connectivity index (χ2v) is 5.42. The zero-order chi connectivity index (χ0) is 17.4. The van der Waals surface area contributed by atoms with Crippen LogP contribution >= 0.6 is 34.8 Å². The first-order chi connectivity index (χ1) is 10.6. The summed E-state index contributed by atoms with van der Waals surface area (Å²) in [5.74, 6) is -0.439. The number of rotatable bonds is 3. The van der Waals surface area contributed by atoms with E-state index in [-0.39, 0.29) is 10.7 Å². The van der Waals surface area contributed by atoms with E-state index >= 15 is 0 Å². The average molecular weight is 385 g/mol. The van der Waals surface area contributed by atoms with Crippen LogP contribution in [0.25, 0.3) is 6.20 Å². The maximum atomic E-state index is 12.9. The van der Waals surface area contributed by atoms with Crippen LogP contribution in [-0.2, 0) is 6.18 Å². The van der Waals surface area contributed by atoms with Gasteiger partial charge in [-0.05, 0) is 18.2 Å². The van der Waals surface area contributed by atoms with Gasteiger partial charge in [-0.15, -0.1) is 0 Å². The van der Waals surface area contributed by atoms with E-state index in [2.05, 4.69) is 16.9 Å². The zero-order valence-electron chi connectivity index (χ0n) is 11.1. The van der Waals surface area contributed by atoms with Crippen LogP contribution < -0.4 is 10.9 Å². The summed E-state index contributed by atoms with van der Waals surface area (Å²) in [7, 11) is 0. The summed E-state index contributed by atoms with van der Waals surface area (Å²) in [6, 6.07) is 4.27. The first kappa shape index (κ1) is 17.7. The summed E-state index contributed by atoms with van der Waals surface area (Å²) in [6.07, 6.45) is -3.91. The molecule has 0 aliphatic carbocycles. The molecule has 1 heterocycles. The molecule has 0 unspecified atom stereocenters. The Hall–Kier alpha value is -1.70. The van der Waals surface area contributed by atoms with Crippen molar-refractivity contribution < 1.29 is 13.2 Å². The van der Waals surface area contributed by atoms with Crippen molar-refractivity contribution >= 4 is 52.6 Å². The zero-order valence-corrected chi connectivity index (χ0v) is 13.4. The molecule has 0 radical (unpaired) electrons. The molecule has 0 saturated carbocycles. The third-order valence-corrected chi connectivity index (χ3v) is 3.58. The Kier molecular flexibility index (Phi) is 4.93. The molecule has 2 aromatic rings. The van der Waals surface area contributed by atoms with Gasteiger partial charge in [0.15, 0.2) is 5.69 Å². The second kappa shape index (κ2) is 6.43. The molecule has 0 saturated heterocycles. The highest BCUT2D eigenvalue weighted by Crippen LogP contribution is 2.33. The Morgan fingerprint density at radius 1 is 1.26 bits per heavy atom. The molecule has 10 heteroatoms. The van der Waals surface area contributed by atoms with E-state index in [4.69, 9.17) is 34.8 Å². The Labute approximate surface area is 143 Å². The third kappa shape index (κ3) is 3.63. The standard InChI is InChI=1S/C13H7Cl3F3N3O/c1-2-22-11(23)9(16)10(13(17,18)19)21-12(22)20-8-4-3-6(14)5-7(8)15/h2-5H,1H2,(H,20,21). The highest BCUT2D eigenvalue weighted by molar-refractivity contribution is 6.36. The summed E-state index contributed by atoms with van der Waals surface area (Å²) < 4.78 is 39.5. The summed E-state index contributed by atoms with van der Waals surface area (Å²) >= 11 is 17.1. The minimum Gasteiger partial charge on any atom is -0.324 e. The molecule has 1 aromatic carbocycles. The smallest absolute Gasteiger partial charge is 0.324 e. The molecule has 1 aromatic heterocycles. The van der Waals surface area contributed by atoms with E-state index in [1.807, 2.05) is 0 Å². The molecular weight excluding hydrogens is 378 g/mol. The van der Waals surface area contributed by atoms with Crippen molar-refractivity contribution in [3.8, 4) is 0 Å². The molecule has 122 valence electrons. The molecule has 0 aliphatic rings. The lowest BCUT2D eigenvalue weighted by Crippen LogP contribution is -2.25. The fraction of sp³-hybridized carbons (Fsp3) is 0.0769. The monoisotopic (exact) mass is 383 g/mol. The molecule has 1 N–H and O–H groups in total. The summed E-state index contributed by atoms with van der Waals surface area (Å²) in [5, 5.41) is 1.95. The topological polar surface area (TPSA) is 46.9 Å². The Balaban J connectivity index is 2.63. The normalized spacial score (nSPS) is 11.4. The largest absolute Gasteiger partial charge is 0.435 e. The number of nitrogens with zero attached hydrogens (tertiary/aromatic N) is 2. The van der Waals surface area contributed by atoms with Crippen LogP contribution in [0.4, 0.5) is 24.8 Å². The Morgan fingerprint density at radius 2 is 1.91 bits per heavy atom. The fourth-order valence-electron chi connectivity index (χ4n) is 1.67. The first-order valence-corrected chi connectivity index (χ1v) is 7.02. The number of halogens is 6. The number of benzene rings is 1. The van der Waals surface area contributed by atoms with Gasteiger partial charge in [-0.1, -0.05) is 41.4 Å². The number of alkyl halides is 3. The fourth-order valence-corrected chi connectivity index (χ4v) is 2.36. The van der Waals surface area contributed by atoms with E-state index in [0.29, 0.717) is 5.02 Å². The van der Waals surface area contributed by atoms with Gasteiger partial charge in [-0.2, -0.15) is 13.2 Å². The lowest BCUT2D eigenvalue weighted by molar-refractivity contribution is -0.141. The second-order valence-electron chi connectivity index (χ2n) is 4.20. The number of nitrogens with one attached hydrogen (secondary N) is 1. The minimum absolute atomic E-state index is 0.130. The van der Waals surface area contributed by atoms with E-state index in [0.717, 1.165) is 10.8 Å². The predicted molar refractivity (Wildman–Crippen MR) is 84.6 cm³/mol. The highest BCUT2D eigenvalue weighted by Gasteiger charge is 2.37. The van der Waals surface area contributed by atoms with Gasteiger partial charge >= 0.3 is 6.18 Å². The number of hydrogen-bond acceptors (Lipinski definition) is 3. The Bertz CT molecular complexity index is 834. The van der Waals surface area contributed by atoms with Gasteiger partial charge in [0, 0.05) is 11.2 Å². The van der Waals surface area contributed by atoms with Crippen LogP contribution in [0.3, 0.4) is 0 Å². The van der Waals surface area contributed by atoms with Crippen molar-refractivity contribution in [3.05, 3.63) is 55.9 Å². The molecule has 0 fully saturated rings. The quantitative estimate of drug-likeness (QED) is 0.804. The molecule has 23 heavy (non-hydrogen) atoms. The van der Waals surface area contributed by atoms with E-state index < -0.39 is 28.4 Å². The lowest BCUT2D eigenvalue weighted by atomic mass is 10.3. The van der Waals surface area contributed by atoms with Gasteiger partial charge in [-0.3, -0.25) is 9.36 Å². The van der Waals surface area contributed by atoms with Crippen LogP contribution in [0.2, 0.25) is 15.1 Å². The number of anilines is 2.